The molecule has 0 atom stereocenters. The van der Waals surface area contributed by atoms with Gasteiger partial charge in [0.05, 0.1) is 11.9 Å². The van der Waals surface area contributed by atoms with Crippen molar-refractivity contribution in [3.63, 3.8) is 0 Å². The average Bonchev–Trinajstić information content (AvgIpc) is 2.94. The second-order valence-electron chi connectivity index (χ2n) is 5.15. The number of hydrogen-bond acceptors (Lipinski definition) is 4. The number of nitrogens with zero attached hydrogens (tertiary/aromatic N) is 3. The molecule has 23 heavy (non-hydrogen) atoms. The molecule has 6 nitrogen and oxygen atoms in total. The molecule has 0 aliphatic carbocycles. The number of anilines is 3. The molecule has 6 heteroatoms. The number of para-hydroxylation sites is 3. The highest BCUT2D eigenvalue weighted by molar-refractivity contribution is 5.84. The van der Waals surface area contributed by atoms with E-state index in [2.05, 4.69) is 5.10 Å². The Hall–Kier alpha value is -3.28. The first kappa shape index (κ1) is 13.4. The van der Waals surface area contributed by atoms with Crippen LogP contribution in [0.5, 0.6) is 11.5 Å². The molecule has 0 radical (unpaired) electrons. The third kappa shape index (κ3) is 2.30. The Kier molecular flexibility index (Phi) is 3.01. The summed E-state index contributed by atoms with van der Waals surface area (Å²) in [5.41, 5.74) is 1.80. The molecular weight excluding hydrogens is 294 g/mol. The molecular formula is C17H13N3O3. The molecule has 0 fully saturated rings. The largest absolute Gasteiger partial charge is 0.480 e. The van der Waals surface area contributed by atoms with Crippen LogP contribution in [-0.2, 0) is 11.3 Å². The summed E-state index contributed by atoms with van der Waals surface area (Å²) in [5.74, 6) is 0.873. The van der Waals surface area contributed by atoms with Crippen molar-refractivity contribution in [3.05, 3.63) is 60.8 Å². The summed E-state index contributed by atoms with van der Waals surface area (Å²) in [6.07, 6.45) is 1.61. The van der Waals surface area contributed by atoms with Crippen LogP contribution in [0.4, 0.5) is 17.2 Å². The number of aromatic nitrogens is 2. The predicted octanol–water partition coefficient (Wildman–Crippen LogP) is 3.54. The van der Waals surface area contributed by atoms with Gasteiger partial charge in [0.2, 0.25) is 5.82 Å². The summed E-state index contributed by atoms with van der Waals surface area (Å²) in [6.45, 7) is -0.213. The first-order valence-corrected chi connectivity index (χ1v) is 7.14. The van der Waals surface area contributed by atoms with E-state index in [9.17, 15) is 4.79 Å². The van der Waals surface area contributed by atoms with Crippen LogP contribution < -0.4 is 9.64 Å². The van der Waals surface area contributed by atoms with E-state index in [4.69, 9.17) is 9.84 Å². The van der Waals surface area contributed by atoms with Gasteiger partial charge in [-0.25, -0.2) is 0 Å². The van der Waals surface area contributed by atoms with E-state index in [1.165, 1.54) is 4.68 Å². The van der Waals surface area contributed by atoms with Gasteiger partial charge in [0.25, 0.3) is 0 Å². The molecule has 1 N–H and O–H groups in total. The van der Waals surface area contributed by atoms with E-state index in [-0.39, 0.29) is 6.54 Å². The maximum Gasteiger partial charge on any atom is 0.325 e. The molecule has 3 aromatic rings. The van der Waals surface area contributed by atoms with Crippen LogP contribution in [0.2, 0.25) is 0 Å². The third-order valence-corrected chi connectivity index (χ3v) is 3.56. The van der Waals surface area contributed by atoms with Crippen molar-refractivity contribution < 1.29 is 14.6 Å². The fourth-order valence-corrected chi connectivity index (χ4v) is 2.64. The van der Waals surface area contributed by atoms with E-state index >= 15 is 0 Å². The maximum atomic E-state index is 10.9. The van der Waals surface area contributed by atoms with Gasteiger partial charge in [0, 0.05) is 5.69 Å². The highest BCUT2D eigenvalue weighted by atomic mass is 16.5. The Morgan fingerprint density at radius 2 is 1.78 bits per heavy atom. The van der Waals surface area contributed by atoms with Gasteiger partial charge in [0.15, 0.2) is 11.5 Å². The van der Waals surface area contributed by atoms with Gasteiger partial charge in [-0.15, -0.1) is 5.10 Å². The van der Waals surface area contributed by atoms with Crippen LogP contribution >= 0.6 is 0 Å². The summed E-state index contributed by atoms with van der Waals surface area (Å²) >= 11 is 0. The van der Waals surface area contributed by atoms with Crippen molar-refractivity contribution in [2.24, 2.45) is 0 Å². The van der Waals surface area contributed by atoms with E-state index in [1.54, 1.807) is 6.20 Å². The van der Waals surface area contributed by atoms with Gasteiger partial charge < -0.3 is 9.84 Å². The minimum Gasteiger partial charge on any atom is -0.480 e. The number of hydrogen-bond donors (Lipinski definition) is 1. The van der Waals surface area contributed by atoms with Crippen molar-refractivity contribution in [3.8, 4) is 11.5 Å². The molecule has 1 aromatic heterocycles. The molecule has 0 amide bonds. The van der Waals surface area contributed by atoms with Crippen molar-refractivity contribution in [2.75, 3.05) is 4.90 Å². The van der Waals surface area contributed by atoms with Crippen LogP contribution in [0.25, 0.3) is 0 Å². The smallest absolute Gasteiger partial charge is 0.325 e. The molecule has 0 spiro atoms. The normalized spacial score (nSPS) is 12.3. The number of rotatable bonds is 3. The number of fused-ring (bicyclic) bond motifs is 2. The molecule has 1 aliphatic heterocycles. The third-order valence-electron chi connectivity index (χ3n) is 3.56. The monoisotopic (exact) mass is 307 g/mol. The second kappa shape index (κ2) is 5.17. The minimum atomic E-state index is -0.950. The van der Waals surface area contributed by atoms with Gasteiger partial charge in [-0.2, -0.15) is 0 Å². The van der Waals surface area contributed by atoms with Gasteiger partial charge in [-0.3, -0.25) is 14.4 Å². The number of aliphatic carboxylic acids is 1. The molecule has 0 saturated carbocycles. The van der Waals surface area contributed by atoms with Crippen LogP contribution in [-0.4, -0.2) is 20.9 Å². The van der Waals surface area contributed by atoms with E-state index < -0.39 is 5.97 Å². The zero-order valence-electron chi connectivity index (χ0n) is 12.1. The summed E-state index contributed by atoms with van der Waals surface area (Å²) in [6, 6.07) is 17.4. The quantitative estimate of drug-likeness (QED) is 0.627. The van der Waals surface area contributed by atoms with E-state index in [0.717, 1.165) is 11.4 Å². The Bertz CT molecular complexity index is 874. The molecule has 4 rings (SSSR count). The fourth-order valence-electron chi connectivity index (χ4n) is 2.64. The average molecular weight is 307 g/mol. The molecule has 1 aliphatic rings. The lowest BCUT2D eigenvalue weighted by Gasteiger charge is -2.29. The number of carboxylic acids is 1. The van der Waals surface area contributed by atoms with Gasteiger partial charge in [-0.1, -0.05) is 30.3 Å². The predicted molar refractivity (Wildman–Crippen MR) is 84.6 cm³/mol. The number of carbonyl (C=O) groups is 1. The van der Waals surface area contributed by atoms with Crippen LogP contribution in [0, 0.1) is 0 Å². The molecule has 2 aromatic carbocycles. The van der Waals surface area contributed by atoms with E-state index in [0.29, 0.717) is 17.3 Å². The summed E-state index contributed by atoms with van der Waals surface area (Å²) in [4.78, 5) is 12.9. The second-order valence-corrected chi connectivity index (χ2v) is 5.15. The van der Waals surface area contributed by atoms with Gasteiger partial charge in [0.1, 0.15) is 6.54 Å². The van der Waals surface area contributed by atoms with Crippen molar-refractivity contribution in [1.29, 1.82) is 0 Å². The Morgan fingerprint density at radius 1 is 1.04 bits per heavy atom. The highest BCUT2D eigenvalue weighted by Crippen LogP contribution is 2.49. The van der Waals surface area contributed by atoms with Crippen molar-refractivity contribution in [1.82, 2.24) is 9.78 Å². The Labute approximate surface area is 132 Å². The molecule has 0 bridgehead atoms. The molecule has 0 unspecified atom stereocenters. The summed E-state index contributed by atoms with van der Waals surface area (Å²) in [5, 5.41) is 13.4. The maximum absolute atomic E-state index is 10.9. The molecule has 2 heterocycles. The summed E-state index contributed by atoms with van der Waals surface area (Å²) < 4.78 is 7.24. The number of carboxylic acid groups (broad SMARTS) is 1. The fraction of sp³-hybridized carbons (Fsp3) is 0.0588. The SMILES string of the molecule is O=C(O)Cn1cc2c(n1)N(c1ccccc1)c1ccccc1O2. The summed E-state index contributed by atoms with van der Waals surface area (Å²) in [7, 11) is 0. The van der Waals surface area contributed by atoms with Crippen molar-refractivity contribution in [2.45, 2.75) is 6.54 Å². The Balaban J connectivity index is 1.88. The minimum absolute atomic E-state index is 0.213. The Morgan fingerprint density at radius 3 is 2.57 bits per heavy atom. The standard InChI is InChI=1S/C17H13N3O3/c21-16(22)11-19-10-15-17(18-19)20(12-6-2-1-3-7-12)13-8-4-5-9-14(13)23-15/h1-10H,11H2,(H,21,22). The van der Waals surface area contributed by atoms with Gasteiger partial charge >= 0.3 is 5.97 Å². The van der Waals surface area contributed by atoms with E-state index in [1.807, 2.05) is 59.5 Å². The van der Waals surface area contributed by atoms with Crippen LogP contribution in [0.15, 0.2) is 60.8 Å². The topological polar surface area (TPSA) is 67.6 Å². The zero-order valence-corrected chi connectivity index (χ0v) is 12.1. The number of benzene rings is 2. The zero-order chi connectivity index (χ0) is 15.8. The lowest BCUT2D eigenvalue weighted by atomic mass is 10.2. The lowest BCUT2D eigenvalue weighted by Crippen LogP contribution is -2.16. The van der Waals surface area contributed by atoms with Crippen LogP contribution in [0.3, 0.4) is 0 Å². The number of ether oxygens (including phenoxy) is 1. The highest BCUT2D eigenvalue weighted by Gasteiger charge is 2.29. The molecule has 114 valence electrons. The first-order chi connectivity index (χ1) is 11.2. The van der Waals surface area contributed by atoms with Crippen molar-refractivity contribution >= 4 is 23.2 Å². The van der Waals surface area contributed by atoms with Gasteiger partial charge in [-0.05, 0) is 24.3 Å². The lowest BCUT2D eigenvalue weighted by molar-refractivity contribution is -0.137. The molecule has 0 saturated heterocycles. The first-order valence-electron chi connectivity index (χ1n) is 7.14. The van der Waals surface area contributed by atoms with Crippen LogP contribution in [0.1, 0.15) is 0 Å².